The van der Waals surface area contributed by atoms with Crippen LogP contribution in [0.5, 0.6) is 5.75 Å². The summed E-state index contributed by atoms with van der Waals surface area (Å²) in [7, 11) is 0. The minimum absolute atomic E-state index is 0.0428. The summed E-state index contributed by atoms with van der Waals surface area (Å²) in [5.41, 5.74) is 5.38. The summed E-state index contributed by atoms with van der Waals surface area (Å²) in [5.74, 6) is -0.0743. The average molecular weight is 295 g/mol. The van der Waals surface area contributed by atoms with Crippen molar-refractivity contribution in [2.45, 2.75) is 26.7 Å². The number of rotatable bonds is 7. The smallest absolute Gasteiger partial charge is 0.296 e. The first kappa shape index (κ1) is 16.9. The number of nitro benzene ring substituents is 1. The van der Waals surface area contributed by atoms with E-state index < -0.39 is 4.92 Å². The van der Waals surface area contributed by atoms with Crippen LogP contribution in [0.25, 0.3) is 0 Å². The molecule has 0 unspecified atom stereocenters. The largest absolute Gasteiger partial charge is 0.508 e. The Morgan fingerprint density at radius 2 is 2.14 bits per heavy atom. The molecule has 0 saturated heterocycles. The summed E-state index contributed by atoms with van der Waals surface area (Å²) in [5, 5.41) is 22.7. The second-order valence-corrected chi connectivity index (χ2v) is 5.44. The first-order valence-corrected chi connectivity index (χ1v) is 6.80. The van der Waals surface area contributed by atoms with E-state index in [1.807, 2.05) is 13.8 Å². The lowest BCUT2D eigenvalue weighted by Crippen LogP contribution is -2.23. The summed E-state index contributed by atoms with van der Waals surface area (Å²) in [6.07, 6.45) is 1.04. The number of aromatic hydroxyl groups is 1. The first-order valence-electron chi connectivity index (χ1n) is 6.80. The van der Waals surface area contributed by atoms with Crippen molar-refractivity contribution in [1.82, 2.24) is 0 Å². The van der Waals surface area contributed by atoms with Gasteiger partial charge in [0.25, 0.3) is 5.69 Å². The third kappa shape index (κ3) is 5.39. The van der Waals surface area contributed by atoms with E-state index in [4.69, 9.17) is 5.73 Å². The molecule has 0 fully saturated rings. The normalized spacial score (nSPS) is 12.2. The monoisotopic (exact) mass is 295 g/mol. The lowest BCUT2D eigenvalue weighted by atomic mass is 9.94. The Bertz CT molecular complexity index is 517. The zero-order valence-corrected chi connectivity index (χ0v) is 12.2. The summed E-state index contributed by atoms with van der Waals surface area (Å²) in [6.45, 7) is 4.49. The third-order valence-corrected chi connectivity index (χ3v) is 3.06. The number of anilines is 1. The molecule has 7 heteroatoms. The van der Waals surface area contributed by atoms with Crippen LogP contribution in [0.4, 0.5) is 11.4 Å². The number of hydrogen-bond donors (Lipinski definition) is 3. The molecule has 0 aliphatic carbocycles. The molecule has 1 aromatic carbocycles. The van der Waals surface area contributed by atoms with Crippen LogP contribution in [0.3, 0.4) is 0 Å². The van der Waals surface area contributed by atoms with E-state index in [0.717, 1.165) is 12.5 Å². The minimum atomic E-state index is -0.649. The molecule has 0 bridgehead atoms. The lowest BCUT2D eigenvalue weighted by molar-refractivity contribution is -0.384. The highest BCUT2D eigenvalue weighted by molar-refractivity contribution is 5.93. The van der Waals surface area contributed by atoms with E-state index in [1.54, 1.807) is 0 Å². The van der Waals surface area contributed by atoms with Crippen LogP contribution in [0, 0.1) is 22.0 Å². The molecule has 0 aromatic heterocycles. The maximum atomic E-state index is 12.0. The Morgan fingerprint density at radius 1 is 1.48 bits per heavy atom. The van der Waals surface area contributed by atoms with Crippen molar-refractivity contribution in [3.05, 3.63) is 28.3 Å². The number of amides is 1. The van der Waals surface area contributed by atoms with E-state index in [9.17, 15) is 20.0 Å². The highest BCUT2D eigenvalue weighted by Gasteiger charge is 2.19. The van der Waals surface area contributed by atoms with Crippen molar-refractivity contribution in [2.75, 3.05) is 11.9 Å². The van der Waals surface area contributed by atoms with E-state index in [1.165, 1.54) is 12.1 Å². The summed E-state index contributed by atoms with van der Waals surface area (Å²) in [4.78, 5) is 22.2. The van der Waals surface area contributed by atoms with Crippen LogP contribution in [-0.2, 0) is 4.79 Å². The molecule has 7 nitrogen and oxygen atoms in total. The number of benzene rings is 1. The molecule has 1 atom stereocenters. The third-order valence-electron chi connectivity index (χ3n) is 3.06. The number of carbonyl (C=O) groups excluding carboxylic acids is 1. The number of nitro groups is 1. The first-order chi connectivity index (χ1) is 9.83. The maximum absolute atomic E-state index is 12.0. The molecule has 116 valence electrons. The number of phenols is 1. The van der Waals surface area contributed by atoms with Gasteiger partial charge in [0.1, 0.15) is 11.4 Å². The van der Waals surface area contributed by atoms with Crippen molar-refractivity contribution in [1.29, 1.82) is 0 Å². The van der Waals surface area contributed by atoms with Crippen molar-refractivity contribution in [3.63, 3.8) is 0 Å². The number of hydrogen-bond acceptors (Lipinski definition) is 5. The predicted molar refractivity (Wildman–Crippen MR) is 80.0 cm³/mol. The molecule has 0 aliphatic rings. The Morgan fingerprint density at radius 3 is 2.67 bits per heavy atom. The lowest BCUT2D eigenvalue weighted by Gasteiger charge is -2.16. The van der Waals surface area contributed by atoms with Crippen LogP contribution in [-0.4, -0.2) is 22.5 Å². The Kier molecular flexibility index (Phi) is 6.10. The SMILES string of the molecule is CC(C)C[C@H](CN)CC(=O)Nc1ccc(O)cc1[N+](=O)[O-]. The zero-order chi connectivity index (χ0) is 16.0. The average Bonchev–Trinajstić information content (AvgIpc) is 2.39. The van der Waals surface area contributed by atoms with E-state index in [2.05, 4.69) is 5.32 Å². The second kappa shape index (κ2) is 7.58. The van der Waals surface area contributed by atoms with Crippen molar-refractivity contribution in [3.8, 4) is 5.75 Å². The molecule has 1 amide bonds. The number of phenolic OH excluding ortho intramolecular Hbond substituents is 1. The van der Waals surface area contributed by atoms with E-state index in [-0.39, 0.29) is 35.4 Å². The fourth-order valence-electron chi connectivity index (χ4n) is 2.17. The molecule has 0 heterocycles. The van der Waals surface area contributed by atoms with Gasteiger partial charge in [-0.25, -0.2) is 0 Å². The van der Waals surface area contributed by atoms with E-state index in [0.29, 0.717) is 12.5 Å². The van der Waals surface area contributed by atoms with E-state index >= 15 is 0 Å². The molecule has 0 spiro atoms. The van der Waals surface area contributed by atoms with Gasteiger partial charge in [0.2, 0.25) is 5.91 Å². The second-order valence-electron chi connectivity index (χ2n) is 5.44. The standard InChI is InChI=1S/C14H21N3O4/c1-9(2)5-10(8-15)6-14(19)16-12-4-3-11(18)7-13(12)17(20)21/h3-4,7,9-10,18H,5-6,8,15H2,1-2H3,(H,16,19)/t10-/m0/s1. The number of carbonyl (C=O) groups is 1. The quantitative estimate of drug-likeness (QED) is 0.405. The van der Waals surface area contributed by atoms with Gasteiger partial charge in [-0.05, 0) is 36.9 Å². The fraction of sp³-hybridized carbons (Fsp3) is 0.500. The summed E-state index contributed by atoms with van der Waals surface area (Å²) < 4.78 is 0. The van der Waals surface area contributed by atoms with Crippen molar-refractivity contribution in [2.24, 2.45) is 17.6 Å². The summed E-state index contributed by atoms with van der Waals surface area (Å²) in [6, 6.07) is 3.60. The Balaban J connectivity index is 2.77. The van der Waals surface area contributed by atoms with Crippen LogP contribution in [0.1, 0.15) is 26.7 Å². The predicted octanol–water partition coefficient (Wildman–Crippen LogP) is 2.25. The molecule has 1 aromatic rings. The Hall–Kier alpha value is -2.15. The molecule has 0 saturated carbocycles. The summed E-state index contributed by atoms with van der Waals surface area (Å²) >= 11 is 0. The van der Waals surface area contributed by atoms with Gasteiger partial charge in [-0.3, -0.25) is 14.9 Å². The molecule has 0 radical (unpaired) electrons. The molecular formula is C14H21N3O4. The van der Waals surface area contributed by atoms with Crippen LogP contribution in [0.2, 0.25) is 0 Å². The van der Waals surface area contributed by atoms with Crippen LogP contribution < -0.4 is 11.1 Å². The number of nitrogens with zero attached hydrogens (tertiary/aromatic N) is 1. The number of nitrogens with one attached hydrogen (secondary N) is 1. The van der Waals surface area contributed by atoms with Crippen molar-refractivity contribution < 1.29 is 14.8 Å². The maximum Gasteiger partial charge on any atom is 0.296 e. The van der Waals surface area contributed by atoms with Gasteiger partial charge in [0.15, 0.2) is 0 Å². The van der Waals surface area contributed by atoms with Gasteiger partial charge in [-0.15, -0.1) is 0 Å². The van der Waals surface area contributed by atoms with Gasteiger partial charge in [-0.2, -0.15) is 0 Å². The highest BCUT2D eigenvalue weighted by atomic mass is 16.6. The molecule has 1 rings (SSSR count). The molecule has 4 N–H and O–H groups in total. The van der Waals surface area contributed by atoms with Crippen LogP contribution >= 0.6 is 0 Å². The zero-order valence-electron chi connectivity index (χ0n) is 12.2. The molecule has 0 aliphatic heterocycles. The van der Waals surface area contributed by atoms with Crippen LogP contribution in [0.15, 0.2) is 18.2 Å². The Labute approximate surface area is 123 Å². The van der Waals surface area contributed by atoms with Gasteiger partial charge in [0.05, 0.1) is 11.0 Å². The molecular weight excluding hydrogens is 274 g/mol. The highest BCUT2D eigenvalue weighted by Crippen LogP contribution is 2.28. The number of nitrogens with two attached hydrogens (primary N) is 1. The fourth-order valence-corrected chi connectivity index (χ4v) is 2.17. The topological polar surface area (TPSA) is 118 Å². The van der Waals surface area contributed by atoms with Gasteiger partial charge >= 0.3 is 0 Å². The molecule has 21 heavy (non-hydrogen) atoms. The van der Waals surface area contributed by atoms with Crippen molar-refractivity contribution >= 4 is 17.3 Å². The van der Waals surface area contributed by atoms with Gasteiger partial charge < -0.3 is 16.2 Å². The van der Waals surface area contributed by atoms with Gasteiger partial charge in [0, 0.05) is 6.42 Å². The van der Waals surface area contributed by atoms with Gasteiger partial charge in [-0.1, -0.05) is 13.8 Å². The minimum Gasteiger partial charge on any atom is -0.508 e.